The molecular formula is C5H4BN3O3S. The number of thiophene rings is 1. The largest absolute Gasteiger partial charge is 0.471 e. The van der Waals surface area contributed by atoms with Crippen LogP contribution >= 0.6 is 11.3 Å². The Morgan fingerprint density at radius 3 is 3.23 bits per heavy atom. The van der Waals surface area contributed by atoms with E-state index in [1.807, 2.05) is 0 Å². The third kappa shape index (κ3) is 1.19. The highest BCUT2D eigenvalue weighted by Gasteiger charge is 2.32. The lowest BCUT2D eigenvalue weighted by molar-refractivity contribution is -0.383. The van der Waals surface area contributed by atoms with Crippen LogP contribution in [0.2, 0.25) is 0 Å². The fourth-order valence-corrected chi connectivity index (χ4v) is 2.03. The smallest absolute Gasteiger partial charge is 0.428 e. The number of fused-ring (bicyclic) bond motifs is 1. The van der Waals surface area contributed by atoms with Gasteiger partial charge in [-0.2, -0.15) is 5.10 Å². The topological polar surface area (TPSA) is 87.8 Å². The fraction of sp³-hybridized carbons (Fsp3) is 0. The van der Waals surface area contributed by atoms with E-state index in [0.29, 0.717) is 10.3 Å². The van der Waals surface area contributed by atoms with Crippen LogP contribution in [0.25, 0.3) is 0 Å². The zero-order chi connectivity index (χ0) is 9.42. The Balaban J connectivity index is 2.57. The molecule has 0 unspecified atom stereocenters. The van der Waals surface area contributed by atoms with E-state index in [9.17, 15) is 15.1 Å². The predicted molar refractivity (Wildman–Crippen MR) is 49.3 cm³/mol. The third-order valence-electron chi connectivity index (χ3n) is 1.69. The van der Waals surface area contributed by atoms with E-state index in [4.69, 9.17) is 0 Å². The molecule has 1 aromatic rings. The maximum absolute atomic E-state index is 10.5. The van der Waals surface area contributed by atoms with Crippen molar-refractivity contribution in [2.24, 2.45) is 5.10 Å². The summed E-state index contributed by atoms with van der Waals surface area (Å²) in [4.78, 5) is 10.6. The first-order valence-corrected chi connectivity index (χ1v) is 4.30. The summed E-state index contributed by atoms with van der Waals surface area (Å²) < 4.78 is 0. The molecule has 0 bridgehead atoms. The second-order valence-corrected chi connectivity index (χ2v) is 3.36. The van der Waals surface area contributed by atoms with E-state index < -0.39 is 12.0 Å². The molecule has 2 N–H and O–H groups in total. The molecule has 0 aliphatic carbocycles. The van der Waals surface area contributed by atoms with Crippen molar-refractivity contribution < 1.29 is 9.95 Å². The van der Waals surface area contributed by atoms with Gasteiger partial charge in [-0.3, -0.25) is 10.1 Å². The van der Waals surface area contributed by atoms with Crippen LogP contribution in [-0.4, -0.2) is 23.2 Å². The molecule has 13 heavy (non-hydrogen) atoms. The van der Waals surface area contributed by atoms with Crippen molar-refractivity contribution in [1.29, 1.82) is 0 Å². The lowest BCUT2D eigenvalue weighted by Gasteiger charge is -2.08. The number of nitrogens with zero attached hydrogens (tertiary/aromatic N) is 2. The monoisotopic (exact) mass is 197 g/mol. The second kappa shape index (κ2) is 2.82. The van der Waals surface area contributed by atoms with Crippen molar-refractivity contribution in [3.05, 3.63) is 20.4 Å². The minimum Gasteiger partial charge on any atom is -0.428 e. The molecule has 0 saturated carbocycles. The summed E-state index contributed by atoms with van der Waals surface area (Å²) >= 11 is 1.19. The molecule has 6 nitrogen and oxygen atoms in total. The van der Waals surface area contributed by atoms with Crippen molar-refractivity contribution in [2.75, 3.05) is 0 Å². The lowest BCUT2D eigenvalue weighted by Crippen LogP contribution is -2.46. The van der Waals surface area contributed by atoms with Gasteiger partial charge in [0, 0.05) is 0 Å². The quantitative estimate of drug-likeness (QED) is 0.353. The van der Waals surface area contributed by atoms with Gasteiger partial charge in [0.25, 0.3) is 5.69 Å². The average Bonchev–Trinajstić information content (AvgIpc) is 2.49. The molecule has 66 valence electrons. The zero-order valence-corrected chi connectivity index (χ0v) is 7.11. The molecular weight excluding hydrogens is 193 g/mol. The van der Waals surface area contributed by atoms with E-state index in [1.165, 1.54) is 22.9 Å². The summed E-state index contributed by atoms with van der Waals surface area (Å²) in [5.41, 5.74) is 0.233. The summed E-state index contributed by atoms with van der Waals surface area (Å²) in [6.07, 6.45) is 1.46. The molecule has 1 aromatic heterocycles. The van der Waals surface area contributed by atoms with Crippen molar-refractivity contribution in [3.8, 4) is 0 Å². The van der Waals surface area contributed by atoms with Crippen molar-refractivity contribution in [1.82, 2.24) is 5.34 Å². The fourth-order valence-electron chi connectivity index (χ4n) is 1.12. The number of hydrazone groups is 1. The Morgan fingerprint density at radius 1 is 1.77 bits per heavy atom. The molecule has 0 aromatic carbocycles. The SMILES string of the molecule is O=[N+]([O-])c1csc2c1B(O)NN=C2. The number of nitro groups is 1. The summed E-state index contributed by atoms with van der Waals surface area (Å²) in [5, 5.41) is 27.2. The molecule has 0 spiro atoms. The lowest BCUT2D eigenvalue weighted by atomic mass is 9.74. The molecule has 0 radical (unpaired) electrons. The Kier molecular flexibility index (Phi) is 1.78. The first-order valence-electron chi connectivity index (χ1n) is 3.42. The summed E-state index contributed by atoms with van der Waals surface area (Å²) in [7, 11) is -1.08. The highest BCUT2D eigenvalue weighted by atomic mass is 32.1. The van der Waals surface area contributed by atoms with Crippen LogP contribution in [0.5, 0.6) is 0 Å². The maximum Gasteiger partial charge on any atom is 0.471 e. The molecule has 2 rings (SSSR count). The van der Waals surface area contributed by atoms with Crippen molar-refractivity contribution in [2.45, 2.75) is 0 Å². The van der Waals surface area contributed by atoms with Crippen LogP contribution in [0.15, 0.2) is 10.5 Å². The zero-order valence-electron chi connectivity index (χ0n) is 6.30. The van der Waals surface area contributed by atoms with Crippen molar-refractivity contribution >= 4 is 35.8 Å². The normalized spacial score (nSPS) is 13.8. The second-order valence-electron chi connectivity index (χ2n) is 2.45. The molecule has 2 heterocycles. The Bertz CT molecular complexity index is 390. The Morgan fingerprint density at radius 2 is 2.54 bits per heavy atom. The molecule has 0 saturated heterocycles. The van der Waals surface area contributed by atoms with Gasteiger partial charge in [0.15, 0.2) is 0 Å². The van der Waals surface area contributed by atoms with Crippen LogP contribution in [-0.2, 0) is 0 Å². The van der Waals surface area contributed by atoms with Crippen LogP contribution in [0.4, 0.5) is 5.69 Å². The van der Waals surface area contributed by atoms with Crippen LogP contribution < -0.4 is 10.8 Å². The van der Waals surface area contributed by atoms with Gasteiger partial charge >= 0.3 is 7.05 Å². The average molecular weight is 197 g/mol. The van der Waals surface area contributed by atoms with Crippen LogP contribution in [0.1, 0.15) is 4.88 Å². The van der Waals surface area contributed by atoms with E-state index in [2.05, 4.69) is 10.4 Å². The first kappa shape index (κ1) is 8.20. The van der Waals surface area contributed by atoms with Gasteiger partial charge in [-0.25, -0.2) is 0 Å². The highest BCUT2D eigenvalue weighted by Crippen LogP contribution is 2.18. The molecule has 1 aliphatic heterocycles. The van der Waals surface area contributed by atoms with Gasteiger partial charge in [-0.05, 0) is 0 Å². The van der Waals surface area contributed by atoms with E-state index in [0.717, 1.165) is 0 Å². The highest BCUT2D eigenvalue weighted by molar-refractivity contribution is 7.14. The van der Waals surface area contributed by atoms with Crippen LogP contribution in [0, 0.1) is 10.1 Å². The molecule has 0 atom stereocenters. The molecule has 8 heteroatoms. The summed E-state index contributed by atoms with van der Waals surface area (Å²) in [5.74, 6) is 0. The molecule has 1 aliphatic rings. The van der Waals surface area contributed by atoms with Gasteiger partial charge in [-0.1, -0.05) is 0 Å². The summed E-state index contributed by atoms with van der Waals surface area (Å²) in [6.45, 7) is 0. The number of hydrogen-bond acceptors (Lipinski definition) is 6. The predicted octanol–water partition coefficient (Wildman–Crippen LogP) is -0.719. The number of rotatable bonds is 1. The van der Waals surface area contributed by atoms with E-state index in [-0.39, 0.29) is 5.69 Å². The third-order valence-corrected chi connectivity index (χ3v) is 2.61. The van der Waals surface area contributed by atoms with Gasteiger partial charge in [-0.15, -0.1) is 11.3 Å². The van der Waals surface area contributed by atoms with E-state index in [1.54, 1.807) is 0 Å². The molecule has 0 amide bonds. The first-order chi connectivity index (χ1) is 6.20. The Labute approximate surface area is 77.2 Å². The van der Waals surface area contributed by atoms with Crippen LogP contribution in [0.3, 0.4) is 0 Å². The number of nitrogens with one attached hydrogen (secondary N) is 1. The molecule has 0 fully saturated rings. The minimum atomic E-state index is -1.08. The Hall–Kier alpha value is -1.41. The minimum absolute atomic E-state index is 0.0637. The maximum atomic E-state index is 10.5. The van der Waals surface area contributed by atoms with Crippen molar-refractivity contribution in [3.63, 3.8) is 0 Å². The standard InChI is InChI=1S/C5H4BN3O3S/c10-6-5-3(9(11)12)2-13-4(5)1-7-8-6/h1-2,8,10H. The van der Waals surface area contributed by atoms with Gasteiger partial charge in [0.05, 0.1) is 26.9 Å². The summed E-state index contributed by atoms with van der Waals surface area (Å²) in [6, 6.07) is 0. The van der Waals surface area contributed by atoms with Gasteiger partial charge in [0.2, 0.25) is 0 Å². The van der Waals surface area contributed by atoms with E-state index >= 15 is 0 Å². The van der Waals surface area contributed by atoms with Gasteiger partial charge < -0.3 is 10.4 Å². The van der Waals surface area contributed by atoms with Gasteiger partial charge in [0.1, 0.15) is 0 Å². The number of hydrogen-bond donors (Lipinski definition) is 2.